The van der Waals surface area contributed by atoms with Gasteiger partial charge in [-0.2, -0.15) is 0 Å². The molecule has 29 heavy (non-hydrogen) atoms. The number of hydrogen-bond acceptors (Lipinski definition) is 6. The molecule has 2 aromatic carbocycles. The maximum Gasteiger partial charge on any atom is 0.255 e. The Bertz CT molecular complexity index is 1140. The standard InChI is InChI=1S/C18H23N3O6S2/c1-12-6-8-14(29(25,26)21(3)4)11-15(12)20-18(22)13-7-9-16(27-5)17(10-13)28(23,24)19-2/h6-11,19H,1-5H3,(H,20,22). The molecule has 0 saturated heterocycles. The molecule has 0 bridgehead atoms. The van der Waals surface area contributed by atoms with Crippen molar-refractivity contribution in [1.29, 1.82) is 0 Å². The highest BCUT2D eigenvalue weighted by Gasteiger charge is 2.22. The lowest BCUT2D eigenvalue weighted by atomic mass is 10.1. The van der Waals surface area contributed by atoms with Crippen LogP contribution < -0.4 is 14.8 Å². The van der Waals surface area contributed by atoms with Crippen LogP contribution in [0.5, 0.6) is 5.75 Å². The Kier molecular flexibility index (Phi) is 6.68. The van der Waals surface area contributed by atoms with E-state index in [1.165, 1.54) is 58.6 Å². The summed E-state index contributed by atoms with van der Waals surface area (Å²) in [4.78, 5) is 12.5. The van der Waals surface area contributed by atoms with Gasteiger partial charge >= 0.3 is 0 Å². The van der Waals surface area contributed by atoms with Crippen LogP contribution >= 0.6 is 0 Å². The van der Waals surface area contributed by atoms with Gasteiger partial charge in [-0.1, -0.05) is 6.07 Å². The first kappa shape index (κ1) is 22.8. The van der Waals surface area contributed by atoms with Crippen LogP contribution in [0.1, 0.15) is 15.9 Å². The Morgan fingerprint density at radius 2 is 1.69 bits per heavy atom. The van der Waals surface area contributed by atoms with Crippen molar-refractivity contribution < 1.29 is 26.4 Å². The van der Waals surface area contributed by atoms with Crippen molar-refractivity contribution in [3.05, 3.63) is 47.5 Å². The zero-order chi connectivity index (χ0) is 22.0. The van der Waals surface area contributed by atoms with Gasteiger partial charge in [0.2, 0.25) is 20.0 Å². The van der Waals surface area contributed by atoms with Crippen molar-refractivity contribution in [2.75, 3.05) is 33.6 Å². The summed E-state index contributed by atoms with van der Waals surface area (Å²) in [7, 11) is -2.13. The topological polar surface area (TPSA) is 122 Å². The van der Waals surface area contributed by atoms with Gasteiger partial charge in [0.25, 0.3) is 5.91 Å². The normalized spacial score (nSPS) is 12.1. The van der Waals surface area contributed by atoms with Gasteiger partial charge in [0.1, 0.15) is 10.6 Å². The number of anilines is 1. The van der Waals surface area contributed by atoms with Crippen molar-refractivity contribution >= 4 is 31.6 Å². The highest BCUT2D eigenvalue weighted by molar-refractivity contribution is 7.89. The molecule has 2 rings (SSSR count). The number of benzene rings is 2. The van der Waals surface area contributed by atoms with E-state index >= 15 is 0 Å². The predicted molar refractivity (Wildman–Crippen MR) is 109 cm³/mol. The molecule has 0 aliphatic rings. The monoisotopic (exact) mass is 441 g/mol. The second-order valence-electron chi connectivity index (χ2n) is 6.29. The molecule has 0 radical (unpaired) electrons. The van der Waals surface area contributed by atoms with Crippen LogP contribution in [0.2, 0.25) is 0 Å². The fourth-order valence-electron chi connectivity index (χ4n) is 2.44. The Morgan fingerprint density at radius 3 is 2.24 bits per heavy atom. The first-order valence-electron chi connectivity index (χ1n) is 8.40. The van der Waals surface area contributed by atoms with Gasteiger partial charge in [-0.3, -0.25) is 4.79 Å². The van der Waals surface area contributed by atoms with Crippen LogP contribution in [0.4, 0.5) is 5.69 Å². The molecule has 0 heterocycles. The molecule has 2 N–H and O–H groups in total. The second kappa shape index (κ2) is 8.49. The summed E-state index contributed by atoms with van der Waals surface area (Å²) in [5, 5.41) is 2.63. The molecule has 9 nitrogen and oxygen atoms in total. The van der Waals surface area contributed by atoms with Crippen molar-refractivity contribution in [3.63, 3.8) is 0 Å². The number of carbonyl (C=O) groups excluding carboxylic acids is 1. The fraction of sp³-hybridized carbons (Fsp3) is 0.278. The van der Waals surface area contributed by atoms with Crippen LogP contribution in [0.15, 0.2) is 46.2 Å². The number of nitrogens with one attached hydrogen (secondary N) is 2. The van der Waals surface area contributed by atoms with E-state index in [1.54, 1.807) is 13.0 Å². The highest BCUT2D eigenvalue weighted by Crippen LogP contribution is 2.26. The molecule has 158 valence electrons. The molecule has 2 aromatic rings. The lowest BCUT2D eigenvalue weighted by Crippen LogP contribution is -2.23. The number of carbonyl (C=O) groups is 1. The van der Waals surface area contributed by atoms with Crippen LogP contribution in [-0.2, 0) is 20.0 Å². The van der Waals surface area contributed by atoms with E-state index in [0.717, 1.165) is 4.31 Å². The van der Waals surface area contributed by atoms with E-state index in [9.17, 15) is 21.6 Å². The van der Waals surface area contributed by atoms with Gasteiger partial charge in [-0.25, -0.2) is 25.9 Å². The van der Waals surface area contributed by atoms with Crippen LogP contribution in [0.25, 0.3) is 0 Å². The van der Waals surface area contributed by atoms with Gasteiger partial charge in [0.05, 0.1) is 12.0 Å². The minimum Gasteiger partial charge on any atom is -0.495 e. The number of aryl methyl sites for hydroxylation is 1. The highest BCUT2D eigenvalue weighted by atomic mass is 32.2. The number of ether oxygens (including phenoxy) is 1. The van der Waals surface area contributed by atoms with Crippen molar-refractivity contribution in [2.45, 2.75) is 16.7 Å². The summed E-state index contributed by atoms with van der Waals surface area (Å²) in [6.07, 6.45) is 0. The molecule has 0 saturated carbocycles. The molecule has 0 aliphatic heterocycles. The molecule has 11 heteroatoms. The molecule has 0 aromatic heterocycles. The minimum absolute atomic E-state index is 0.0246. The predicted octanol–water partition coefficient (Wildman–Crippen LogP) is 1.41. The largest absolute Gasteiger partial charge is 0.495 e. The smallest absolute Gasteiger partial charge is 0.255 e. The Balaban J connectivity index is 2.45. The first-order chi connectivity index (χ1) is 13.4. The molecule has 0 unspecified atom stereocenters. The van der Waals surface area contributed by atoms with E-state index in [0.29, 0.717) is 11.3 Å². The molecule has 0 aliphatic carbocycles. The molecule has 0 spiro atoms. The van der Waals surface area contributed by atoms with Crippen LogP contribution in [-0.4, -0.2) is 55.3 Å². The number of methoxy groups -OCH3 is 1. The Labute approximate surface area is 170 Å². The number of rotatable bonds is 7. The van der Waals surface area contributed by atoms with Gasteiger partial charge in [0, 0.05) is 25.3 Å². The summed E-state index contributed by atoms with van der Waals surface area (Å²) in [5.41, 5.74) is 1.01. The van der Waals surface area contributed by atoms with Crippen LogP contribution in [0.3, 0.4) is 0 Å². The maximum atomic E-state index is 12.7. The number of amides is 1. The number of nitrogens with zero attached hydrogens (tertiary/aromatic N) is 1. The van der Waals surface area contributed by atoms with E-state index in [2.05, 4.69) is 10.0 Å². The quantitative estimate of drug-likeness (QED) is 0.670. The zero-order valence-corrected chi connectivity index (χ0v) is 18.3. The molecule has 0 fully saturated rings. The molecule has 0 atom stereocenters. The van der Waals surface area contributed by atoms with Crippen molar-refractivity contribution in [1.82, 2.24) is 9.03 Å². The zero-order valence-electron chi connectivity index (χ0n) is 16.7. The molecular formula is C18H23N3O6S2. The van der Waals surface area contributed by atoms with Gasteiger partial charge in [-0.15, -0.1) is 0 Å². The minimum atomic E-state index is -3.85. The molecular weight excluding hydrogens is 418 g/mol. The average molecular weight is 442 g/mol. The number of hydrogen-bond donors (Lipinski definition) is 2. The average Bonchev–Trinajstić information content (AvgIpc) is 2.68. The van der Waals surface area contributed by atoms with Crippen molar-refractivity contribution in [2.24, 2.45) is 0 Å². The summed E-state index contributed by atoms with van der Waals surface area (Å²) in [6.45, 7) is 1.71. The Morgan fingerprint density at radius 1 is 1.03 bits per heavy atom. The van der Waals surface area contributed by atoms with E-state index in [-0.39, 0.29) is 21.1 Å². The summed E-state index contributed by atoms with van der Waals surface area (Å²) >= 11 is 0. The summed E-state index contributed by atoms with van der Waals surface area (Å²) in [6, 6.07) is 8.37. The fourth-order valence-corrected chi connectivity index (χ4v) is 4.29. The maximum absolute atomic E-state index is 12.7. The Hall–Kier alpha value is -2.47. The third kappa shape index (κ3) is 4.75. The summed E-state index contributed by atoms with van der Waals surface area (Å²) < 4.78 is 57.4. The van der Waals surface area contributed by atoms with Gasteiger partial charge < -0.3 is 10.1 Å². The first-order valence-corrected chi connectivity index (χ1v) is 11.3. The lowest BCUT2D eigenvalue weighted by molar-refractivity contribution is 0.102. The van der Waals surface area contributed by atoms with E-state index in [1.807, 2.05) is 0 Å². The summed E-state index contributed by atoms with van der Waals surface area (Å²) in [5.74, 6) is -0.506. The van der Waals surface area contributed by atoms with Gasteiger partial charge in [-0.05, 0) is 49.9 Å². The van der Waals surface area contributed by atoms with E-state index in [4.69, 9.17) is 4.74 Å². The third-order valence-corrected chi connectivity index (χ3v) is 7.47. The lowest BCUT2D eigenvalue weighted by Gasteiger charge is -2.15. The second-order valence-corrected chi connectivity index (χ2v) is 10.3. The number of sulfonamides is 2. The third-order valence-electron chi connectivity index (χ3n) is 4.22. The SMILES string of the molecule is CNS(=O)(=O)c1cc(C(=O)Nc2cc(S(=O)(=O)N(C)C)ccc2C)ccc1OC. The van der Waals surface area contributed by atoms with E-state index < -0.39 is 26.0 Å². The van der Waals surface area contributed by atoms with Crippen LogP contribution in [0, 0.1) is 6.92 Å². The molecule has 1 amide bonds. The van der Waals surface area contributed by atoms with Crippen molar-refractivity contribution in [3.8, 4) is 5.75 Å². The van der Waals surface area contributed by atoms with Gasteiger partial charge in [0.15, 0.2) is 0 Å².